The van der Waals surface area contributed by atoms with E-state index in [-0.39, 0.29) is 30.8 Å². The molecule has 0 aliphatic heterocycles. The maximum Gasteiger partial charge on any atom is 0.304 e. The lowest BCUT2D eigenvalue weighted by atomic mass is 9.99. The van der Waals surface area contributed by atoms with Gasteiger partial charge in [0, 0.05) is 62.3 Å². The summed E-state index contributed by atoms with van der Waals surface area (Å²) in [5.74, 6) is -0.863. The first kappa shape index (κ1) is 31.5. The molecule has 228 valence electrons. The van der Waals surface area contributed by atoms with Gasteiger partial charge in [-0.25, -0.2) is 0 Å². The highest BCUT2D eigenvalue weighted by atomic mass is 35.5. The highest BCUT2D eigenvalue weighted by Crippen LogP contribution is 2.26. The van der Waals surface area contributed by atoms with Crippen molar-refractivity contribution in [3.63, 3.8) is 0 Å². The molecule has 1 unspecified atom stereocenters. The Kier molecular flexibility index (Phi) is 10.6. The Morgan fingerprint density at radius 2 is 1.61 bits per heavy atom. The number of benzene rings is 4. The zero-order valence-electron chi connectivity index (χ0n) is 24.5. The van der Waals surface area contributed by atoms with Gasteiger partial charge >= 0.3 is 5.97 Å². The Labute approximate surface area is 267 Å². The quantitative estimate of drug-likeness (QED) is 0.0992. The Morgan fingerprint density at radius 1 is 0.864 bits per heavy atom. The minimum Gasteiger partial charge on any atom is -0.481 e. The van der Waals surface area contributed by atoms with Crippen LogP contribution in [0.15, 0.2) is 91.1 Å². The van der Waals surface area contributed by atoms with Crippen LogP contribution >= 0.6 is 23.2 Å². The van der Waals surface area contributed by atoms with Crippen LogP contribution < -0.4 is 10.6 Å². The van der Waals surface area contributed by atoms with Crippen LogP contribution in [0.4, 0.5) is 0 Å². The van der Waals surface area contributed by atoms with Crippen LogP contribution in [0.3, 0.4) is 0 Å². The average Bonchev–Trinajstić information content (AvgIpc) is 3.42. The third kappa shape index (κ3) is 8.18. The SMILES string of the molecule is CN(Cc1ccc(Cl)c(Cl)c1)C(=O)C[C@H](NCCNC(CC(=O)O)Cc1c[nH]c2ccccc12)c1ccc2ccccc2c1. The fourth-order valence-corrected chi connectivity index (χ4v) is 5.90. The van der Waals surface area contributed by atoms with E-state index in [0.29, 0.717) is 36.1 Å². The average molecular weight is 632 g/mol. The number of carboxylic acid groups (broad SMARTS) is 1. The topological polar surface area (TPSA) is 97.5 Å². The fourth-order valence-electron chi connectivity index (χ4n) is 5.58. The second-order valence-electron chi connectivity index (χ2n) is 11.1. The van der Waals surface area contributed by atoms with Crippen LogP contribution in [0.2, 0.25) is 10.0 Å². The molecule has 0 saturated heterocycles. The maximum atomic E-state index is 13.4. The molecular weight excluding hydrogens is 595 g/mol. The van der Waals surface area contributed by atoms with E-state index in [0.717, 1.165) is 38.4 Å². The van der Waals surface area contributed by atoms with E-state index in [1.165, 1.54) is 0 Å². The van der Waals surface area contributed by atoms with Gasteiger partial charge in [-0.2, -0.15) is 0 Å². The number of para-hydroxylation sites is 1. The Hall–Kier alpha value is -3.88. The van der Waals surface area contributed by atoms with Crippen LogP contribution in [0.25, 0.3) is 21.7 Å². The van der Waals surface area contributed by atoms with Crippen LogP contribution in [0.1, 0.15) is 35.6 Å². The van der Waals surface area contributed by atoms with E-state index in [1.54, 1.807) is 24.1 Å². The largest absolute Gasteiger partial charge is 0.481 e. The second kappa shape index (κ2) is 14.7. The van der Waals surface area contributed by atoms with Crippen molar-refractivity contribution in [1.82, 2.24) is 20.5 Å². The molecule has 7 nitrogen and oxygen atoms in total. The first-order valence-electron chi connectivity index (χ1n) is 14.7. The van der Waals surface area contributed by atoms with E-state index >= 15 is 0 Å². The smallest absolute Gasteiger partial charge is 0.304 e. The number of carbonyl (C=O) groups is 2. The number of carboxylic acids is 1. The first-order valence-corrected chi connectivity index (χ1v) is 15.4. The third-order valence-corrected chi connectivity index (χ3v) is 8.63. The summed E-state index contributed by atoms with van der Waals surface area (Å²) in [6, 6.07) is 27.3. The lowest BCUT2D eigenvalue weighted by molar-refractivity contribution is -0.137. The summed E-state index contributed by atoms with van der Waals surface area (Å²) in [6.45, 7) is 1.50. The van der Waals surface area contributed by atoms with Crippen molar-refractivity contribution in [3.8, 4) is 0 Å². The molecule has 5 aromatic rings. The van der Waals surface area contributed by atoms with Crippen molar-refractivity contribution in [2.45, 2.75) is 37.9 Å². The van der Waals surface area contributed by atoms with Crippen molar-refractivity contribution in [3.05, 3.63) is 118 Å². The van der Waals surface area contributed by atoms with E-state index in [2.05, 4.69) is 45.9 Å². The van der Waals surface area contributed by atoms with E-state index in [4.69, 9.17) is 23.2 Å². The minimum absolute atomic E-state index is 0.00556. The van der Waals surface area contributed by atoms with Gasteiger partial charge in [0.05, 0.1) is 16.5 Å². The molecule has 5 rings (SSSR count). The molecule has 1 amide bonds. The van der Waals surface area contributed by atoms with Gasteiger partial charge in [0.1, 0.15) is 0 Å². The fraction of sp³-hybridized carbons (Fsp3) is 0.257. The lowest BCUT2D eigenvalue weighted by Crippen LogP contribution is -2.39. The second-order valence-corrected chi connectivity index (χ2v) is 11.9. The molecule has 0 bridgehead atoms. The summed E-state index contributed by atoms with van der Waals surface area (Å²) >= 11 is 12.3. The molecule has 0 fully saturated rings. The molecular formula is C35H36Cl2N4O3. The van der Waals surface area contributed by atoms with Gasteiger partial charge < -0.3 is 25.6 Å². The molecule has 0 aliphatic carbocycles. The number of aromatic nitrogens is 1. The van der Waals surface area contributed by atoms with Gasteiger partial charge in [0.2, 0.25) is 5.91 Å². The summed E-state index contributed by atoms with van der Waals surface area (Å²) in [5, 5.41) is 20.8. The number of amides is 1. The summed E-state index contributed by atoms with van der Waals surface area (Å²) in [6.07, 6.45) is 2.80. The molecule has 0 spiro atoms. The monoisotopic (exact) mass is 630 g/mol. The standard InChI is InChI=1S/C35H36Cl2N4O3/c1-41(22-23-10-13-30(36)31(37)16-23)34(42)20-33(26-12-11-24-6-2-3-7-25(24)17-26)39-15-14-38-28(19-35(43)44)18-27-21-40-32-9-5-4-8-29(27)32/h2-13,16-17,21,28,33,38-40H,14-15,18-20,22H2,1H3,(H,43,44)/t28?,33-/m0/s1. The van der Waals surface area contributed by atoms with Crippen LogP contribution in [0.5, 0.6) is 0 Å². The zero-order chi connectivity index (χ0) is 31.1. The van der Waals surface area contributed by atoms with E-state index in [1.807, 2.05) is 48.7 Å². The van der Waals surface area contributed by atoms with Crippen LogP contribution in [0, 0.1) is 0 Å². The van der Waals surface area contributed by atoms with Crippen LogP contribution in [-0.2, 0) is 22.6 Å². The first-order chi connectivity index (χ1) is 21.3. The molecule has 0 saturated carbocycles. The number of carbonyl (C=O) groups excluding carboxylic acids is 1. The van der Waals surface area contributed by atoms with Gasteiger partial charge in [-0.15, -0.1) is 0 Å². The predicted molar refractivity (Wildman–Crippen MR) is 178 cm³/mol. The normalized spacial score (nSPS) is 12.8. The Morgan fingerprint density at radius 3 is 2.41 bits per heavy atom. The number of nitrogens with one attached hydrogen (secondary N) is 3. The Balaban J connectivity index is 1.26. The number of hydrogen-bond acceptors (Lipinski definition) is 4. The van der Waals surface area contributed by atoms with Gasteiger partial charge in [-0.05, 0) is 58.1 Å². The molecule has 1 aromatic heterocycles. The number of aromatic amines is 1. The van der Waals surface area contributed by atoms with Crippen molar-refractivity contribution in [2.24, 2.45) is 0 Å². The number of rotatable bonds is 14. The molecule has 1 heterocycles. The number of H-pyrrole nitrogens is 1. The summed E-state index contributed by atoms with van der Waals surface area (Å²) < 4.78 is 0. The van der Waals surface area contributed by atoms with Crippen molar-refractivity contribution >= 4 is 56.8 Å². The lowest BCUT2D eigenvalue weighted by Gasteiger charge is -2.24. The Bertz CT molecular complexity index is 1750. The number of nitrogens with zero attached hydrogens (tertiary/aromatic N) is 1. The third-order valence-electron chi connectivity index (χ3n) is 7.90. The van der Waals surface area contributed by atoms with Gasteiger partial charge in [-0.3, -0.25) is 9.59 Å². The summed E-state index contributed by atoms with van der Waals surface area (Å²) in [7, 11) is 1.78. The van der Waals surface area contributed by atoms with E-state index in [9.17, 15) is 14.7 Å². The summed E-state index contributed by atoms with van der Waals surface area (Å²) in [5.41, 5.74) is 4.03. The van der Waals surface area contributed by atoms with E-state index < -0.39 is 5.97 Å². The molecule has 44 heavy (non-hydrogen) atoms. The predicted octanol–water partition coefficient (Wildman–Crippen LogP) is 6.98. The van der Waals surface area contributed by atoms with Crippen molar-refractivity contribution in [1.29, 1.82) is 0 Å². The van der Waals surface area contributed by atoms with Gasteiger partial charge in [-0.1, -0.05) is 83.9 Å². The minimum atomic E-state index is -0.847. The molecule has 4 aromatic carbocycles. The molecule has 2 atom stereocenters. The molecule has 0 aliphatic rings. The van der Waals surface area contributed by atoms with Crippen LogP contribution in [-0.4, -0.2) is 53.0 Å². The number of halogens is 2. The molecule has 9 heteroatoms. The maximum absolute atomic E-state index is 13.4. The number of hydrogen-bond donors (Lipinski definition) is 4. The van der Waals surface area contributed by atoms with Crippen molar-refractivity contribution < 1.29 is 14.7 Å². The molecule has 0 radical (unpaired) electrons. The number of fused-ring (bicyclic) bond motifs is 2. The number of aliphatic carboxylic acids is 1. The molecule has 4 N–H and O–H groups in total. The van der Waals surface area contributed by atoms with Gasteiger partial charge in [0.15, 0.2) is 0 Å². The summed E-state index contributed by atoms with van der Waals surface area (Å²) in [4.78, 5) is 30.1. The highest BCUT2D eigenvalue weighted by molar-refractivity contribution is 6.42. The van der Waals surface area contributed by atoms with Gasteiger partial charge in [0.25, 0.3) is 0 Å². The van der Waals surface area contributed by atoms with Crippen molar-refractivity contribution in [2.75, 3.05) is 20.1 Å². The highest BCUT2D eigenvalue weighted by Gasteiger charge is 2.20. The zero-order valence-corrected chi connectivity index (χ0v) is 26.0.